The molecule has 0 aliphatic rings. The van der Waals surface area contributed by atoms with Crippen LogP contribution in [0.4, 0.5) is 0 Å². The Balaban J connectivity index is 1.91. The zero-order valence-corrected chi connectivity index (χ0v) is 19.0. The first kappa shape index (κ1) is 22.6. The number of aryl methyl sites for hydroxylation is 1. The van der Waals surface area contributed by atoms with E-state index in [0.29, 0.717) is 12.8 Å². The fourth-order valence-electron chi connectivity index (χ4n) is 2.73. The molecule has 0 unspecified atom stereocenters. The standard InChI is InChI=1S/C21H27BrN2O3S/c1-15(17-6-5-7-18(22)14-17)23-20(25)13-10-16-8-11-19(12-9-16)28(26,27)24-21(2,3)4/h5-9,11-12,14-15,24H,10,13H2,1-4H3,(H,23,25)/t15-/m0/s1. The molecule has 2 N–H and O–H groups in total. The molecule has 5 nitrogen and oxygen atoms in total. The second-order valence-corrected chi connectivity index (χ2v) is 10.4. The first-order valence-electron chi connectivity index (χ1n) is 9.14. The zero-order chi connectivity index (χ0) is 20.9. The van der Waals surface area contributed by atoms with Gasteiger partial charge in [0.15, 0.2) is 0 Å². The van der Waals surface area contributed by atoms with Crippen LogP contribution in [-0.4, -0.2) is 19.9 Å². The van der Waals surface area contributed by atoms with Crippen LogP contribution in [-0.2, 0) is 21.2 Å². The molecule has 7 heteroatoms. The molecule has 0 heterocycles. The van der Waals surface area contributed by atoms with Gasteiger partial charge in [-0.05, 0) is 69.5 Å². The fraction of sp³-hybridized carbons (Fsp3) is 0.381. The van der Waals surface area contributed by atoms with Gasteiger partial charge in [-0.3, -0.25) is 4.79 Å². The molecule has 2 aromatic carbocycles. The lowest BCUT2D eigenvalue weighted by molar-refractivity contribution is -0.121. The quantitative estimate of drug-likeness (QED) is 0.637. The van der Waals surface area contributed by atoms with Crippen molar-refractivity contribution in [3.63, 3.8) is 0 Å². The van der Waals surface area contributed by atoms with E-state index in [2.05, 4.69) is 26.0 Å². The molecule has 1 atom stereocenters. The van der Waals surface area contributed by atoms with Crippen LogP contribution in [0.2, 0.25) is 0 Å². The predicted molar refractivity (Wildman–Crippen MR) is 116 cm³/mol. The SMILES string of the molecule is C[C@H](NC(=O)CCc1ccc(S(=O)(=O)NC(C)(C)C)cc1)c1cccc(Br)c1. The van der Waals surface area contributed by atoms with Gasteiger partial charge in [-0.1, -0.05) is 40.2 Å². The predicted octanol–water partition coefficient (Wildman–Crippen LogP) is 4.34. The molecular weight excluding hydrogens is 440 g/mol. The largest absolute Gasteiger partial charge is 0.350 e. The van der Waals surface area contributed by atoms with Crippen LogP contribution in [0, 0.1) is 0 Å². The maximum Gasteiger partial charge on any atom is 0.241 e. The number of benzene rings is 2. The number of amides is 1. The van der Waals surface area contributed by atoms with Gasteiger partial charge in [0.25, 0.3) is 0 Å². The summed E-state index contributed by atoms with van der Waals surface area (Å²) in [6.45, 7) is 7.34. The molecule has 0 bridgehead atoms. The summed E-state index contributed by atoms with van der Waals surface area (Å²) in [6, 6.07) is 14.4. The lowest BCUT2D eigenvalue weighted by atomic mass is 10.1. The van der Waals surface area contributed by atoms with Crippen molar-refractivity contribution in [3.8, 4) is 0 Å². The van der Waals surface area contributed by atoms with Gasteiger partial charge in [-0.25, -0.2) is 13.1 Å². The Bertz CT molecular complexity index is 919. The summed E-state index contributed by atoms with van der Waals surface area (Å²) in [5.41, 5.74) is 1.41. The second kappa shape index (κ2) is 9.20. The van der Waals surface area contributed by atoms with Crippen molar-refractivity contribution >= 4 is 31.9 Å². The van der Waals surface area contributed by atoms with Crippen molar-refractivity contribution < 1.29 is 13.2 Å². The third kappa shape index (κ3) is 7.04. The van der Waals surface area contributed by atoms with E-state index >= 15 is 0 Å². The lowest BCUT2D eigenvalue weighted by Gasteiger charge is -2.20. The maximum absolute atomic E-state index is 12.3. The molecule has 0 saturated carbocycles. The van der Waals surface area contributed by atoms with Crippen molar-refractivity contribution in [3.05, 3.63) is 64.1 Å². The van der Waals surface area contributed by atoms with Gasteiger partial charge in [-0.15, -0.1) is 0 Å². The van der Waals surface area contributed by atoms with Gasteiger partial charge in [0.2, 0.25) is 15.9 Å². The molecule has 0 fully saturated rings. The summed E-state index contributed by atoms with van der Waals surface area (Å²) in [4.78, 5) is 12.5. The fourth-order valence-corrected chi connectivity index (χ4v) is 4.56. The molecule has 152 valence electrons. The van der Waals surface area contributed by atoms with E-state index in [1.807, 2.05) is 31.2 Å². The van der Waals surface area contributed by atoms with E-state index in [1.54, 1.807) is 45.0 Å². The molecule has 2 aromatic rings. The topological polar surface area (TPSA) is 75.3 Å². The number of sulfonamides is 1. The van der Waals surface area contributed by atoms with Crippen LogP contribution in [0.15, 0.2) is 57.9 Å². The first-order chi connectivity index (χ1) is 13.0. The highest BCUT2D eigenvalue weighted by Gasteiger charge is 2.21. The molecule has 0 aliphatic carbocycles. The van der Waals surface area contributed by atoms with E-state index in [1.165, 1.54) is 0 Å². The third-order valence-electron chi connectivity index (χ3n) is 4.04. The van der Waals surface area contributed by atoms with Gasteiger partial charge in [-0.2, -0.15) is 0 Å². The molecule has 0 saturated heterocycles. The Labute approximate surface area is 176 Å². The number of rotatable bonds is 7. The number of carbonyl (C=O) groups is 1. The van der Waals surface area contributed by atoms with Crippen LogP contribution in [0.1, 0.15) is 51.3 Å². The minimum absolute atomic E-state index is 0.0430. The van der Waals surface area contributed by atoms with Gasteiger partial charge < -0.3 is 5.32 Å². The number of hydrogen-bond acceptors (Lipinski definition) is 3. The summed E-state index contributed by atoms with van der Waals surface area (Å²) in [6.07, 6.45) is 0.884. The van der Waals surface area contributed by atoms with Gasteiger partial charge in [0.05, 0.1) is 10.9 Å². The summed E-state index contributed by atoms with van der Waals surface area (Å²) >= 11 is 3.43. The Hall–Kier alpha value is -1.70. The molecule has 0 aromatic heterocycles. The minimum atomic E-state index is -3.55. The van der Waals surface area contributed by atoms with Gasteiger partial charge in [0.1, 0.15) is 0 Å². The normalized spacial score (nSPS) is 13.2. The average molecular weight is 467 g/mol. The molecular formula is C21H27BrN2O3S. The van der Waals surface area contributed by atoms with Crippen LogP contribution in [0.3, 0.4) is 0 Å². The number of hydrogen-bond donors (Lipinski definition) is 2. The van der Waals surface area contributed by atoms with Gasteiger partial charge >= 0.3 is 0 Å². The van der Waals surface area contributed by atoms with Crippen LogP contribution < -0.4 is 10.0 Å². The number of halogens is 1. The number of nitrogens with one attached hydrogen (secondary N) is 2. The molecule has 1 amide bonds. The van der Waals surface area contributed by atoms with Crippen LogP contribution in [0.5, 0.6) is 0 Å². The van der Waals surface area contributed by atoms with E-state index in [9.17, 15) is 13.2 Å². The van der Waals surface area contributed by atoms with E-state index in [-0.39, 0.29) is 16.8 Å². The van der Waals surface area contributed by atoms with Crippen molar-refractivity contribution in [1.82, 2.24) is 10.0 Å². The lowest BCUT2D eigenvalue weighted by Crippen LogP contribution is -2.40. The summed E-state index contributed by atoms with van der Waals surface area (Å²) in [7, 11) is -3.55. The highest BCUT2D eigenvalue weighted by Crippen LogP contribution is 2.18. The Morgan fingerprint density at radius 3 is 2.32 bits per heavy atom. The Kier molecular flexibility index (Phi) is 7.42. The molecule has 0 spiro atoms. The van der Waals surface area contributed by atoms with Crippen LogP contribution >= 0.6 is 15.9 Å². The maximum atomic E-state index is 12.3. The summed E-state index contributed by atoms with van der Waals surface area (Å²) < 4.78 is 28.3. The molecule has 0 aliphatic heterocycles. The molecule has 28 heavy (non-hydrogen) atoms. The van der Waals surface area contributed by atoms with Crippen molar-refractivity contribution in [2.45, 2.75) is 57.0 Å². The second-order valence-electron chi connectivity index (χ2n) is 7.84. The Morgan fingerprint density at radius 1 is 1.11 bits per heavy atom. The minimum Gasteiger partial charge on any atom is -0.350 e. The van der Waals surface area contributed by atoms with E-state index in [4.69, 9.17) is 0 Å². The van der Waals surface area contributed by atoms with Crippen LogP contribution in [0.25, 0.3) is 0 Å². The van der Waals surface area contributed by atoms with Gasteiger partial charge in [0, 0.05) is 16.4 Å². The van der Waals surface area contributed by atoms with Crippen molar-refractivity contribution in [1.29, 1.82) is 0 Å². The number of carbonyl (C=O) groups excluding carboxylic acids is 1. The summed E-state index contributed by atoms with van der Waals surface area (Å²) in [5, 5.41) is 2.99. The summed E-state index contributed by atoms with van der Waals surface area (Å²) in [5.74, 6) is -0.0430. The molecule has 0 radical (unpaired) electrons. The highest BCUT2D eigenvalue weighted by molar-refractivity contribution is 9.10. The van der Waals surface area contributed by atoms with E-state index in [0.717, 1.165) is 15.6 Å². The molecule has 2 rings (SSSR count). The first-order valence-corrected chi connectivity index (χ1v) is 11.4. The van der Waals surface area contributed by atoms with Crippen molar-refractivity contribution in [2.24, 2.45) is 0 Å². The van der Waals surface area contributed by atoms with E-state index < -0.39 is 15.6 Å². The third-order valence-corrected chi connectivity index (χ3v) is 6.31. The monoisotopic (exact) mass is 466 g/mol. The zero-order valence-electron chi connectivity index (χ0n) is 16.6. The average Bonchev–Trinajstić information content (AvgIpc) is 2.58. The highest BCUT2D eigenvalue weighted by atomic mass is 79.9. The van der Waals surface area contributed by atoms with Crippen molar-refractivity contribution in [2.75, 3.05) is 0 Å². The smallest absolute Gasteiger partial charge is 0.241 e. The Morgan fingerprint density at radius 2 is 1.75 bits per heavy atom.